The number of amides is 1. The van der Waals surface area contributed by atoms with Crippen LogP contribution >= 0.6 is 0 Å². The fraction of sp³-hybridized carbons (Fsp3) is 0.208. The lowest BCUT2D eigenvalue weighted by Gasteiger charge is -2.35. The number of carbonyl (C=O) groups excluding carboxylic acids is 1. The van der Waals surface area contributed by atoms with Gasteiger partial charge in [-0.2, -0.15) is 0 Å². The Kier molecular flexibility index (Phi) is 6.47. The van der Waals surface area contributed by atoms with Crippen LogP contribution in [0.4, 0.5) is 11.6 Å². The van der Waals surface area contributed by atoms with E-state index in [0.717, 1.165) is 44.1 Å². The Bertz CT molecular complexity index is 983. The lowest BCUT2D eigenvalue weighted by Crippen LogP contribution is -2.46. The van der Waals surface area contributed by atoms with Crippen molar-refractivity contribution >= 4 is 23.6 Å². The number of benzene rings is 2. The molecule has 0 saturated carbocycles. The SMILES string of the molecule is O=C(/C=C/c1ccccc1)Nc1cc(N2CCN(Cc3ccccc3)CC2)ncn1. The van der Waals surface area contributed by atoms with Crippen LogP contribution in [0.25, 0.3) is 6.08 Å². The Morgan fingerprint density at radius 1 is 0.933 bits per heavy atom. The zero-order chi connectivity index (χ0) is 20.6. The van der Waals surface area contributed by atoms with Gasteiger partial charge >= 0.3 is 0 Å². The summed E-state index contributed by atoms with van der Waals surface area (Å²) in [4.78, 5) is 25.5. The van der Waals surface area contributed by atoms with Crippen LogP contribution in [0.2, 0.25) is 0 Å². The van der Waals surface area contributed by atoms with Crippen LogP contribution in [0.3, 0.4) is 0 Å². The molecule has 1 N–H and O–H groups in total. The number of rotatable bonds is 6. The van der Waals surface area contributed by atoms with E-state index in [4.69, 9.17) is 0 Å². The molecule has 1 aliphatic heterocycles. The number of nitrogens with one attached hydrogen (secondary N) is 1. The molecule has 4 rings (SSSR count). The third-order valence-corrected chi connectivity index (χ3v) is 5.08. The average molecular weight is 399 g/mol. The van der Waals surface area contributed by atoms with Gasteiger partial charge in [0.05, 0.1) is 0 Å². The molecule has 0 aliphatic carbocycles. The molecule has 30 heavy (non-hydrogen) atoms. The predicted octanol–water partition coefficient (Wildman–Crippen LogP) is 3.45. The van der Waals surface area contributed by atoms with E-state index < -0.39 is 0 Å². The zero-order valence-corrected chi connectivity index (χ0v) is 16.8. The van der Waals surface area contributed by atoms with Gasteiger partial charge in [0.25, 0.3) is 0 Å². The van der Waals surface area contributed by atoms with Crippen molar-refractivity contribution in [2.45, 2.75) is 6.54 Å². The molecule has 6 heteroatoms. The highest BCUT2D eigenvalue weighted by Crippen LogP contribution is 2.17. The molecule has 0 bridgehead atoms. The quantitative estimate of drug-likeness (QED) is 0.644. The van der Waals surface area contributed by atoms with E-state index >= 15 is 0 Å². The highest BCUT2D eigenvalue weighted by Gasteiger charge is 2.18. The van der Waals surface area contributed by atoms with E-state index in [-0.39, 0.29) is 5.91 Å². The molecule has 0 atom stereocenters. The third kappa shape index (κ3) is 5.52. The van der Waals surface area contributed by atoms with E-state index in [1.807, 2.05) is 42.5 Å². The van der Waals surface area contributed by atoms with Crippen LogP contribution in [0.15, 0.2) is 79.1 Å². The molecule has 1 amide bonds. The van der Waals surface area contributed by atoms with Crippen LogP contribution < -0.4 is 10.2 Å². The monoisotopic (exact) mass is 399 g/mol. The summed E-state index contributed by atoms with van der Waals surface area (Å²) in [5.41, 5.74) is 2.31. The van der Waals surface area contributed by atoms with Crippen molar-refractivity contribution in [3.8, 4) is 0 Å². The van der Waals surface area contributed by atoms with Gasteiger partial charge in [0.1, 0.15) is 18.0 Å². The maximum atomic E-state index is 12.2. The van der Waals surface area contributed by atoms with Gasteiger partial charge < -0.3 is 10.2 Å². The van der Waals surface area contributed by atoms with Gasteiger partial charge in [-0.1, -0.05) is 60.7 Å². The summed E-state index contributed by atoms with van der Waals surface area (Å²) in [6.45, 7) is 4.70. The normalized spacial score (nSPS) is 14.7. The first-order valence-electron chi connectivity index (χ1n) is 10.1. The number of carbonyl (C=O) groups is 1. The first-order chi connectivity index (χ1) is 14.8. The number of hydrogen-bond donors (Lipinski definition) is 1. The number of hydrogen-bond acceptors (Lipinski definition) is 5. The average Bonchev–Trinajstić information content (AvgIpc) is 2.80. The molecule has 1 aliphatic rings. The molecular formula is C24H25N5O. The zero-order valence-electron chi connectivity index (χ0n) is 16.8. The van der Waals surface area contributed by atoms with Crippen molar-refractivity contribution in [2.75, 3.05) is 36.4 Å². The van der Waals surface area contributed by atoms with Crippen molar-refractivity contribution in [3.63, 3.8) is 0 Å². The fourth-order valence-corrected chi connectivity index (χ4v) is 3.47. The van der Waals surface area contributed by atoms with Gasteiger partial charge in [-0.15, -0.1) is 0 Å². The second-order valence-electron chi connectivity index (χ2n) is 7.24. The summed E-state index contributed by atoms with van der Waals surface area (Å²) in [6.07, 6.45) is 4.80. The number of nitrogens with zero attached hydrogens (tertiary/aromatic N) is 4. The number of anilines is 2. The molecule has 0 spiro atoms. The second kappa shape index (κ2) is 9.80. The van der Waals surface area contributed by atoms with Gasteiger partial charge in [-0.25, -0.2) is 9.97 Å². The maximum absolute atomic E-state index is 12.2. The summed E-state index contributed by atoms with van der Waals surface area (Å²) in [6, 6.07) is 22.1. The third-order valence-electron chi connectivity index (χ3n) is 5.08. The van der Waals surface area contributed by atoms with Crippen LogP contribution in [0.1, 0.15) is 11.1 Å². The Hall–Kier alpha value is -3.51. The van der Waals surface area contributed by atoms with E-state index in [9.17, 15) is 4.79 Å². The van der Waals surface area contributed by atoms with Crippen LogP contribution in [0, 0.1) is 0 Å². The highest BCUT2D eigenvalue weighted by atomic mass is 16.1. The van der Waals surface area contributed by atoms with Gasteiger partial charge in [0, 0.05) is 44.9 Å². The van der Waals surface area contributed by atoms with Crippen LogP contribution in [-0.4, -0.2) is 47.0 Å². The number of aromatic nitrogens is 2. The number of piperazine rings is 1. The molecule has 1 saturated heterocycles. The summed E-state index contributed by atoms with van der Waals surface area (Å²) in [7, 11) is 0. The standard InChI is InChI=1S/C24H25N5O/c30-24(12-11-20-7-3-1-4-8-20)27-22-17-23(26-19-25-22)29-15-13-28(14-16-29)18-21-9-5-2-6-10-21/h1-12,17,19H,13-16,18H2,(H,25,26,27,30)/b12-11+. The van der Waals surface area contributed by atoms with E-state index in [2.05, 4.69) is 49.4 Å². The van der Waals surface area contributed by atoms with E-state index in [1.54, 1.807) is 6.08 Å². The van der Waals surface area contributed by atoms with E-state index in [1.165, 1.54) is 18.0 Å². The first kappa shape index (κ1) is 19.8. The minimum absolute atomic E-state index is 0.212. The molecule has 1 aromatic heterocycles. The van der Waals surface area contributed by atoms with Gasteiger partial charge in [-0.05, 0) is 17.2 Å². The lowest BCUT2D eigenvalue weighted by atomic mass is 10.2. The molecule has 152 valence electrons. The second-order valence-corrected chi connectivity index (χ2v) is 7.24. The minimum Gasteiger partial charge on any atom is -0.354 e. The van der Waals surface area contributed by atoms with Crippen LogP contribution in [0.5, 0.6) is 0 Å². The molecule has 2 aromatic carbocycles. The first-order valence-corrected chi connectivity index (χ1v) is 10.1. The van der Waals surface area contributed by atoms with Crippen molar-refractivity contribution in [1.82, 2.24) is 14.9 Å². The Morgan fingerprint density at radius 2 is 1.63 bits per heavy atom. The molecule has 1 fully saturated rings. The molecule has 2 heterocycles. The summed E-state index contributed by atoms with van der Waals surface area (Å²) in [5.74, 6) is 1.14. The Labute approximate surface area is 176 Å². The Balaban J connectivity index is 1.31. The Morgan fingerprint density at radius 3 is 2.37 bits per heavy atom. The van der Waals surface area contributed by atoms with Gasteiger partial charge in [0.15, 0.2) is 0 Å². The topological polar surface area (TPSA) is 61.4 Å². The molecule has 0 radical (unpaired) electrons. The summed E-state index contributed by atoms with van der Waals surface area (Å²) >= 11 is 0. The lowest BCUT2D eigenvalue weighted by molar-refractivity contribution is -0.111. The van der Waals surface area contributed by atoms with Crippen molar-refractivity contribution in [3.05, 3.63) is 90.3 Å². The highest BCUT2D eigenvalue weighted by molar-refractivity contribution is 6.01. The molecule has 6 nitrogen and oxygen atoms in total. The molecular weight excluding hydrogens is 374 g/mol. The maximum Gasteiger partial charge on any atom is 0.249 e. The molecule has 0 unspecified atom stereocenters. The largest absolute Gasteiger partial charge is 0.354 e. The van der Waals surface area contributed by atoms with Crippen molar-refractivity contribution in [1.29, 1.82) is 0 Å². The van der Waals surface area contributed by atoms with Crippen molar-refractivity contribution < 1.29 is 4.79 Å². The van der Waals surface area contributed by atoms with Crippen LogP contribution in [-0.2, 0) is 11.3 Å². The van der Waals surface area contributed by atoms with Gasteiger partial charge in [0.2, 0.25) is 5.91 Å². The summed E-state index contributed by atoms with van der Waals surface area (Å²) in [5, 5.41) is 2.82. The molecule has 3 aromatic rings. The van der Waals surface area contributed by atoms with E-state index in [0.29, 0.717) is 5.82 Å². The smallest absolute Gasteiger partial charge is 0.249 e. The summed E-state index contributed by atoms with van der Waals surface area (Å²) < 4.78 is 0. The fourth-order valence-electron chi connectivity index (χ4n) is 3.47. The predicted molar refractivity (Wildman–Crippen MR) is 120 cm³/mol. The van der Waals surface area contributed by atoms with Crippen molar-refractivity contribution in [2.24, 2.45) is 0 Å². The minimum atomic E-state index is -0.212. The van der Waals surface area contributed by atoms with Gasteiger partial charge in [-0.3, -0.25) is 9.69 Å².